The number of nitrogens with zero attached hydrogens (tertiary/aromatic N) is 2. The number of para-hydroxylation sites is 2. The molecule has 14 atom stereocenters. The van der Waals surface area contributed by atoms with E-state index in [1.165, 1.54) is 40.9 Å². The van der Waals surface area contributed by atoms with Crippen molar-refractivity contribution in [2.24, 2.45) is 57.2 Å². The Balaban J connectivity index is 0.000000157. The van der Waals surface area contributed by atoms with Gasteiger partial charge in [0.1, 0.15) is 5.60 Å². The SMILES string of the molecule is CC12CCC(=O)C=C1CCC1C2[C@@H](O)CC2(C)C1CC[C@]2(O)C(=O)CSc1nc2ccccc2s1.CC12CCC(=O)C=C1CCC1C2[C@@H](O)CC2(C)C1CC[C@]2(OC(=O)c1ccco1)C(=O)CSc1nc2ccccc2s1. The standard InChI is InChI=1S/C33H35NO6S2.C28H33NO4S2/c1-31-13-11-20(35)16-19(31)9-10-21-22-12-14-33(32(22,2)17-24(36)28(21)31,40-29(38)25-7-5-15-39-25)27(37)18-41-30-34-23-6-3-4-8-26(23)42-30;1-26-11-9-17(30)13-16(26)7-8-18-19-10-12-28(33,27(19,2)14-21(31)24(18)26)23(32)15-34-25-29-20-5-3-4-6-22(20)35-25/h3-8,15-16,21-22,24,28,36H,9-14,17-18H2,1-2H3;3-6,13,18-19,21,24,31,33H,7-12,14-15H2,1-2H3/t21?,22?,24-,28?,31?,32?,33-;18?,19?,21-,24?,26?,27?,28-/m00/s1. The van der Waals surface area contributed by atoms with Gasteiger partial charge < -0.3 is 24.5 Å². The van der Waals surface area contributed by atoms with E-state index in [-0.39, 0.29) is 86.7 Å². The summed E-state index contributed by atoms with van der Waals surface area (Å²) in [5.74, 6) is 0.649. The Labute approximate surface area is 465 Å². The average molecular weight is 1120 g/mol. The zero-order chi connectivity index (χ0) is 53.9. The number of Topliss-reactive ketones (excluding diaryl/α,β-unsaturated/α-hetero) is 2. The van der Waals surface area contributed by atoms with Crippen LogP contribution in [0.1, 0.15) is 128 Å². The number of aliphatic hydroxyl groups is 3. The number of thiazole rings is 2. The van der Waals surface area contributed by atoms with E-state index in [0.717, 1.165) is 80.5 Å². The number of allylic oxidation sites excluding steroid dienone is 2. The van der Waals surface area contributed by atoms with Crippen LogP contribution in [0.2, 0.25) is 0 Å². The molecule has 10 unspecified atom stereocenters. The van der Waals surface area contributed by atoms with E-state index in [4.69, 9.17) is 9.15 Å². The summed E-state index contributed by atoms with van der Waals surface area (Å²) in [4.78, 5) is 75.1. The van der Waals surface area contributed by atoms with Crippen molar-refractivity contribution in [3.05, 3.63) is 96.0 Å². The molecule has 6 saturated carbocycles. The molecular weight excluding hydrogens is 1050 g/mol. The highest BCUT2D eigenvalue weighted by molar-refractivity contribution is 8.02. The van der Waals surface area contributed by atoms with Crippen LogP contribution < -0.4 is 0 Å². The third kappa shape index (κ3) is 8.56. The van der Waals surface area contributed by atoms with Crippen molar-refractivity contribution in [2.75, 3.05) is 11.5 Å². The number of ketones is 4. The van der Waals surface area contributed by atoms with Gasteiger partial charge in [-0.3, -0.25) is 19.2 Å². The Hall–Kier alpha value is -4.29. The first-order chi connectivity index (χ1) is 36.8. The summed E-state index contributed by atoms with van der Waals surface area (Å²) in [7, 11) is 0. The minimum Gasteiger partial charge on any atom is -0.457 e. The second-order valence-electron chi connectivity index (χ2n) is 24.6. The molecule has 0 amide bonds. The maximum absolute atomic E-state index is 14.4. The maximum Gasteiger partial charge on any atom is 0.375 e. The number of aromatic nitrogens is 2. The van der Waals surface area contributed by atoms with Gasteiger partial charge in [0.25, 0.3) is 0 Å². The van der Waals surface area contributed by atoms with E-state index in [0.29, 0.717) is 38.5 Å². The molecule has 12 nitrogen and oxygen atoms in total. The number of thioether (sulfide) groups is 2. The maximum atomic E-state index is 14.4. The molecule has 8 aliphatic carbocycles. The zero-order valence-corrected chi connectivity index (χ0v) is 47.4. The molecule has 16 heteroatoms. The van der Waals surface area contributed by atoms with Gasteiger partial charge in [-0.25, -0.2) is 14.8 Å². The van der Waals surface area contributed by atoms with Crippen LogP contribution in [0.5, 0.6) is 0 Å². The first-order valence-corrected chi connectivity index (χ1v) is 31.3. The van der Waals surface area contributed by atoms with Gasteiger partial charge in [-0.15, -0.1) is 22.7 Å². The number of esters is 1. The van der Waals surface area contributed by atoms with Crippen molar-refractivity contribution < 1.29 is 48.4 Å². The summed E-state index contributed by atoms with van der Waals surface area (Å²) in [6.45, 7) is 8.54. The Kier molecular flexibility index (Phi) is 13.7. The second kappa shape index (κ2) is 19.8. The van der Waals surface area contributed by atoms with Crippen molar-refractivity contribution >= 4 is 95.7 Å². The molecule has 6 fully saturated rings. The van der Waals surface area contributed by atoms with Crippen molar-refractivity contribution in [1.82, 2.24) is 9.97 Å². The van der Waals surface area contributed by atoms with Gasteiger partial charge in [0.05, 0.1) is 50.4 Å². The molecule has 2 aromatic carbocycles. The number of furan rings is 1. The highest BCUT2D eigenvalue weighted by Crippen LogP contribution is 2.70. The summed E-state index contributed by atoms with van der Waals surface area (Å²) in [6, 6.07) is 19.0. The topological polar surface area (TPSA) is 194 Å². The van der Waals surface area contributed by atoms with Crippen LogP contribution in [0.3, 0.4) is 0 Å². The number of rotatable bonds is 10. The summed E-state index contributed by atoms with van der Waals surface area (Å²) in [6.07, 6.45) is 13.1. The number of benzene rings is 2. The summed E-state index contributed by atoms with van der Waals surface area (Å²) >= 11 is 5.92. The van der Waals surface area contributed by atoms with Crippen molar-refractivity contribution in [3.8, 4) is 0 Å². The minimum absolute atomic E-state index is 0.00692. The van der Waals surface area contributed by atoms with E-state index < -0.39 is 40.2 Å². The number of hydrogen-bond donors (Lipinski definition) is 3. The monoisotopic (exact) mass is 1120 g/mol. The molecule has 3 heterocycles. The fourth-order valence-corrected chi connectivity index (χ4v) is 21.5. The molecule has 0 spiro atoms. The molecule has 406 valence electrons. The van der Waals surface area contributed by atoms with Gasteiger partial charge in [-0.2, -0.15) is 0 Å². The highest BCUT2D eigenvalue weighted by Gasteiger charge is 2.71. The molecule has 0 saturated heterocycles. The third-order valence-electron chi connectivity index (χ3n) is 21.2. The summed E-state index contributed by atoms with van der Waals surface area (Å²) < 4.78 is 15.5. The van der Waals surface area contributed by atoms with Crippen molar-refractivity contribution in [3.63, 3.8) is 0 Å². The van der Waals surface area contributed by atoms with Gasteiger partial charge in [-0.1, -0.05) is 86.6 Å². The number of carbonyl (C=O) groups is 5. The Bertz CT molecular complexity index is 3190. The summed E-state index contributed by atoms with van der Waals surface area (Å²) in [5.41, 5.74) is -0.397. The van der Waals surface area contributed by atoms with Crippen LogP contribution in [0.4, 0.5) is 0 Å². The van der Waals surface area contributed by atoms with Crippen LogP contribution in [0.25, 0.3) is 20.4 Å². The number of aliphatic hydroxyl groups excluding tert-OH is 2. The van der Waals surface area contributed by atoms with E-state index in [1.54, 1.807) is 34.8 Å². The first kappa shape index (κ1) is 53.4. The molecule has 3 aromatic heterocycles. The average Bonchev–Trinajstić information content (AvgIpc) is 4.48. The van der Waals surface area contributed by atoms with Gasteiger partial charge in [0.2, 0.25) is 5.76 Å². The molecule has 0 radical (unpaired) electrons. The number of fused-ring (bicyclic) bond motifs is 12. The minimum atomic E-state index is -1.42. The van der Waals surface area contributed by atoms with Gasteiger partial charge in [0, 0.05) is 23.7 Å². The number of carbonyl (C=O) groups excluding carboxylic acids is 5. The first-order valence-electron chi connectivity index (χ1n) is 27.7. The van der Waals surface area contributed by atoms with E-state index in [1.807, 2.05) is 67.6 Å². The predicted molar refractivity (Wildman–Crippen MR) is 299 cm³/mol. The number of hydrogen-bond acceptors (Lipinski definition) is 16. The Morgan fingerprint density at radius 3 is 1.69 bits per heavy atom. The largest absolute Gasteiger partial charge is 0.457 e. The lowest BCUT2D eigenvalue weighted by Gasteiger charge is -2.60. The van der Waals surface area contributed by atoms with E-state index >= 15 is 0 Å². The molecule has 0 bridgehead atoms. The normalized spacial score (nSPS) is 38.0. The van der Waals surface area contributed by atoms with Gasteiger partial charge >= 0.3 is 5.97 Å². The lowest BCUT2D eigenvalue weighted by molar-refractivity contribution is -0.180. The highest BCUT2D eigenvalue weighted by atomic mass is 32.2. The number of ether oxygens (including phenoxy) is 1. The van der Waals surface area contributed by atoms with E-state index in [9.17, 15) is 39.3 Å². The lowest BCUT2D eigenvalue weighted by Crippen LogP contribution is -2.63. The molecule has 3 N–H and O–H groups in total. The Morgan fingerprint density at radius 1 is 0.649 bits per heavy atom. The van der Waals surface area contributed by atoms with Crippen molar-refractivity contribution in [1.29, 1.82) is 0 Å². The van der Waals surface area contributed by atoms with Crippen LogP contribution >= 0.6 is 46.2 Å². The quantitative estimate of drug-likeness (QED) is 0.0883. The van der Waals surface area contributed by atoms with Gasteiger partial charge in [-0.05, 0) is 172 Å². The molecular formula is C61H68N2O10S4. The second-order valence-corrected chi connectivity index (χ2v) is 29.1. The summed E-state index contributed by atoms with van der Waals surface area (Å²) in [5, 5.41) is 35.4. The van der Waals surface area contributed by atoms with E-state index in [2.05, 4.69) is 30.7 Å². The zero-order valence-electron chi connectivity index (χ0n) is 44.2. The van der Waals surface area contributed by atoms with Gasteiger partial charge in [0.15, 0.2) is 37.4 Å². The molecule has 13 rings (SSSR count). The molecule has 77 heavy (non-hydrogen) atoms. The van der Waals surface area contributed by atoms with Crippen LogP contribution in [-0.4, -0.2) is 89.3 Å². The third-order valence-corrected chi connectivity index (χ3v) is 25.5. The Morgan fingerprint density at radius 2 is 1.16 bits per heavy atom. The van der Waals surface area contributed by atoms with Crippen LogP contribution in [-0.2, 0) is 23.9 Å². The van der Waals surface area contributed by atoms with Crippen LogP contribution in [0, 0.1) is 57.2 Å². The van der Waals surface area contributed by atoms with Crippen LogP contribution in [0.15, 0.2) is 103 Å². The lowest BCUT2D eigenvalue weighted by atomic mass is 9.45. The fourth-order valence-electron chi connectivity index (χ4n) is 17.4. The molecule has 8 aliphatic rings. The molecule has 5 aromatic rings. The smallest absolute Gasteiger partial charge is 0.375 e. The predicted octanol–water partition coefficient (Wildman–Crippen LogP) is 11.8. The van der Waals surface area contributed by atoms with Crippen molar-refractivity contribution in [2.45, 2.75) is 150 Å². The fraction of sp³-hybridized carbons (Fsp3) is 0.557. The molecule has 0 aliphatic heterocycles.